The molecule has 2 aromatic carbocycles. The summed E-state index contributed by atoms with van der Waals surface area (Å²) in [6.07, 6.45) is 0. The third-order valence-electron chi connectivity index (χ3n) is 3.49. The first-order valence-corrected chi connectivity index (χ1v) is 9.47. The predicted molar refractivity (Wildman–Crippen MR) is 113 cm³/mol. The van der Waals surface area contributed by atoms with Crippen LogP contribution in [0.2, 0.25) is 10.0 Å². The molecule has 0 saturated heterocycles. The summed E-state index contributed by atoms with van der Waals surface area (Å²) in [6, 6.07) is 7.17. The number of amides is 1. The van der Waals surface area contributed by atoms with E-state index in [1.807, 2.05) is 0 Å². The van der Waals surface area contributed by atoms with E-state index in [4.69, 9.17) is 40.2 Å². The van der Waals surface area contributed by atoms with Crippen molar-refractivity contribution in [2.24, 2.45) is 0 Å². The van der Waals surface area contributed by atoms with Gasteiger partial charge >= 0.3 is 0 Å². The number of benzene rings is 2. The summed E-state index contributed by atoms with van der Waals surface area (Å²) in [5, 5.41) is 16.9. The molecule has 0 spiro atoms. The van der Waals surface area contributed by atoms with Gasteiger partial charge in [-0.2, -0.15) is 0 Å². The minimum absolute atomic E-state index is 0.0169. The van der Waals surface area contributed by atoms with Gasteiger partial charge < -0.3 is 10.1 Å². The number of carbonyl (C=O) groups is 1. The Morgan fingerprint density at radius 3 is 2.75 bits per heavy atom. The fraction of sp³-hybridized carbons (Fsp3) is 0.0625. The summed E-state index contributed by atoms with van der Waals surface area (Å²) in [5.41, 5.74) is 0.642. The molecule has 0 fully saturated rings. The zero-order valence-electron chi connectivity index (χ0n) is 14.0. The molecule has 28 heavy (non-hydrogen) atoms. The monoisotopic (exact) mass is 456 g/mol. The van der Waals surface area contributed by atoms with Crippen molar-refractivity contribution >= 4 is 78.8 Å². The van der Waals surface area contributed by atoms with E-state index in [0.29, 0.717) is 15.3 Å². The van der Waals surface area contributed by atoms with E-state index in [9.17, 15) is 14.9 Å². The van der Waals surface area contributed by atoms with E-state index < -0.39 is 10.8 Å². The average Bonchev–Trinajstić information content (AvgIpc) is 3.01. The van der Waals surface area contributed by atoms with Gasteiger partial charge in [0.05, 0.1) is 32.8 Å². The number of nitrogens with zero attached hydrogens (tertiary/aromatic N) is 2. The van der Waals surface area contributed by atoms with Crippen molar-refractivity contribution in [2.45, 2.75) is 0 Å². The first-order valence-electron chi connectivity index (χ1n) is 7.49. The first-order chi connectivity index (χ1) is 13.3. The van der Waals surface area contributed by atoms with Gasteiger partial charge in [-0.25, -0.2) is 4.98 Å². The number of aromatic nitrogens is 1. The largest absolute Gasteiger partial charge is 0.494 e. The number of methoxy groups -OCH3 is 1. The Kier molecular flexibility index (Phi) is 5.94. The van der Waals surface area contributed by atoms with Crippen LogP contribution in [-0.2, 0) is 0 Å². The molecular formula is C16H10Cl2N4O4S2. The van der Waals surface area contributed by atoms with Crippen molar-refractivity contribution in [2.75, 3.05) is 12.4 Å². The Labute approximate surface area is 177 Å². The Bertz CT molecular complexity index is 1120. The lowest BCUT2D eigenvalue weighted by molar-refractivity contribution is -0.384. The maximum Gasteiger partial charge on any atom is 0.270 e. The van der Waals surface area contributed by atoms with E-state index >= 15 is 0 Å². The summed E-state index contributed by atoms with van der Waals surface area (Å²) in [5.74, 6) is -0.408. The maximum absolute atomic E-state index is 12.5. The number of hydrogen-bond donors (Lipinski definition) is 2. The second-order valence-corrected chi connectivity index (χ2v) is 7.59. The number of nitro benzene ring substituents is 1. The summed E-state index contributed by atoms with van der Waals surface area (Å²) in [4.78, 5) is 27.1. The minimum Gasteiger partial charge on any atom is -0.494 e. The number of thiazole rings is 1. The number of rotatable bonds is 4. The standard InChI is InChI=1S/C16H10Cl2N4O4S2/c1-26-13-9(4-7(17)5-10(13)18)14(23)20-15(27)21-16-19-11-3-2-8(22(24)25)6-12(11)28-16/h2-6H,1H3,(H2,19,20,21,23,27). The van der Waals surface area contributed by atoms with Gasteiger partial charge in [0.1, 0.15) is 5.75 Å². The number of thiocarbonyl (C=S) groups is 1. The molecule has 2 N–H and O–H groups in total. The van der Waals surface area contributed by atoms with Crippen LogP contribution in [0.1, 0.15) is 10.4 Å². The Morgan fingerprint density at radius 1 is 1.32 bits per heavy atom. The van der Waals surface area contributed by atoms with Gasteiger partial charge in [0.25, 0.3) is 11.6 Å². The smallest absolute Gasteiger partial charge is 0.270 e. The lowest BCUT2D eigenvalue weighted by Crippen LogP contribution is -2.34. The van der Waals surface area contributed by atoms with Crippen molar-refractivity contribution in [3.05, 3.63) is 56.1 Å². The molecule has 0 atom stereocenters. The number of carbonyl (C=O) groups excluding carboxylic acids is 1. The van der Waals surface area contributed by atoms with Crippen LogP contribution in [0.5, 0.6) is 5.75 Å². The van der Waals surface area contributed by atoms with Crippen LogP contribution in [0.25, 0.3) is 10.2 Å². The van der Waals surface area contributed by atoms with E-state index in [1.165, 1.54) is 37.4 Å². The molecule has 12 heteroatoms. The Hall–Kier alpha value is -2.53. The lowest BCUT2D eigenvalue weighted by Gasteiger charge is -2.12. The van der Waals surface area contributed by atoms with Crippen LogP contribution in [0.4, 0.5) is 10.8 Å². The van der Waals surface area contributed by atoms with Gasteiger partial charge in [-0.3, -0.25) is 20.2 Å². The third-order valence-corrected chi connectivity index (χ3v) is 5.12. The number of halogens is 2. The van der Waals surface area contributed by atoms with E-state index in [1.54, 1.807) is 0 Å². The van der Waals surface area contributed by atoms with Crippen LogP contribution >= 0.6 is 46.8 Å². The molecule has 0 radical (unpaired) electrons. The number of ether oxygens (including phenoxy) is 1. The van der Waals surface area contributed by atoms with Gasteiger partial charge in [0.15, 0.2) is 10.2 Å². The van der Waals surface area contributed by atoms with Crippen LogP contribution in [0.3, 0.4) is 0 Å². The van der Waals surface area contributed by atoms with Gasteiger partial charge in [0.2, 0.25) is 0 Å². The number of nitro groups is 1. The zero-order chi connectivity index (χ0) is 20.4. The molecule has 1 heterocycles. The van der Waals surface area contributed by atoms with Crippen molar-refractivity contribution in [1.82, 2.24) is 10.3 Å². The van der Waals surface area contributed by atoms with Gasteiger partial charge in [-0.05, 0) is 30.4 Å². The molecule has 8 nitrogen and oxygen atoms in total. The quantitative estimate of drug-likeness (QED) is 0.334. The van der Waals surface area contributed by atoms with Crippen LogP contribution in [0.15, 0.2) is 30.3 Å². The van der Waals surface area contributed by atoms with Crippen molar-refractivity contribution in [3.63, 3.8) is 0 Å². The molecule has 1 amide bonds. The highest BCUT2D eigenvalue weighted by Gasteiger charge is 2.18. The Balaban J connectivity index is 1.76. The summed E-state index contributed by atoms with van der Waals surface area (Å²) in [7, 11) is 1.38. The number of fused-ring (bicyclic) bond motifs is 1. The number of anilines is 1. The SMILES string of the molecule is COc1c(Cl)cc(Cl)cc1C(=O)NC(=S)Nc1nc2ccc([N+](=O)[O-])cc2s1. The second-order valence-electron chi connectivity index (χ2n) is 5.30. The highest BCUT2D eigenvalue weighted by Crippen LogP contribution is 2.32. The molecule has 144 valence electrons. The van der Waals surface area contributed by atoms with Gasteiger partial charge in [-0.1, -0.05) is 34.5 Å². The van der Waals surface area contributed by atoms with E-state index in [-0.39, 0.29) is 32.2 Å². The highest BCUT2D eigenvalue weighted by molar-refractivity contribution is 7.80. The average molecular weight is 457 g/mol. The van der Waals surface area contributed by atoms with Crippen LogP contribution < -0.4 is 15.4 Å². The first kappa shape index (κ1) is 20.2. The highest BCUT2D eigenvalue weighted by atomic mass is 35.5. The van der Waals surface area contributed by atoms with Crippen LogP contribution in [0, 0.1) is 10.1 Å². The molecule has 0 aliphatic carbocycles. The van der Waals surface area contributed by atoms with Gasteiger partial charge in [-0.15, -0.1) is 0 Å². The second kappa shape index (κ2) is 8.23. The molecule has 0 unspecified atom stereocenters. The van der Waals surface area contributed by atoms with E-state index in [2.05, 4.69) is 15.6 Å². The maximum atomic E-state index is 12.5. The molecule has 1 aromatic heterocycles. The van der Waals surface area contributed by atoms with Crippen LogP contribution in [-0.4, -0.2) is 28.0 Å². The predicted octanol–water partition coefficient (Wildman–Crippen LogP) is 4.65. The number of hydrogen-bond acceptors (Lipinski definition) is 7. The number of non-ortho nitro benzene ring substituents is 1. The fourth-order valence-electron chi connectivity index (χ4n) is 2.32. The molecule has 3 rings (SSSR count). The Morgan fingerprint density at radius 2 is 2.07 bits per heavy atom. The molecule has 0 bridgehead atoms. The van der Waals surface area contributed by atoms with E-state index in [0.717, 1.165) is 11.3 Å². The normalized spacial score (nSPS) is 10.5. The zero-order valence-corrected chi connectivity index (χ0v) is 17.1. The summed E-state index contributed by atoms with van der Waals surface area (Å²) in [6.45, 7) is 0. The summed E-state index contributed by atoms with van der Waals surface area (Å²) < 4.78 is 5.75. The molecule has 0 saturated carbocycles. The van der Waals surface area contributed by atoms with Gasteiger partial charge in [0, 0.05) is 17.2 Å². The molecule has 0 aliphatic heterocycles. The van der Waals surface area contributed by atoms with Crippen molar-refractivity contribution < 1.29 is 14.5 Å². The third kappa shape index (κ3) is 4.30. The topological polar surface area (TPSA) is 106 Å². The fourth-order valence-corrected chi connectivity index (χ4v) is 4.04. The molecule has 3 aromatic rings. The summed E-state index contributed by atoms with van der Waals surface area (Å²) >= 11 is 18.3. The molecule has 0 aliphatic rings. The number of nitrogens with one attached hydrogen (secondary N) is 2. The minimum atomic E-state index is -0.574. The lowest BCUT2D eigenvalue weighted by atomic mass is 10.2. The molecular weight excluding hydrogens is 447 g/mol. The van der Waals surface area contributed by atoms with Crippen molar-refractivity contribution in [1.29, 1.82) is 0 Å². The van der Waals surface area contributed by atoms with Crippen molar-refractivity contribution in [3.8, 4) is 5.75 Å².